The molecule has 162 valence electrons. The quantitative estimate of drug-likeness (QED) is 0.824. The van der Waals surface area contributed by atoms with Gasteiger partial charge in [0, 0.05) is 57.2 Å². The number of carbonyl (C=O) groups is 2. The Bertz CT molecular complexity index is 936. The molecule has 4 heterocycles. The summed E-state index contributed by atoms with van der Waals surface area (Å²) in [5.74, 6) is 0.0209. The molecule has 3 aliphatic rings. The van der Waals surface area contributed by atoms with Crippen LogP contribution in [0.4, 0.5) is 10.5 Å². The lowest BCUT2D eigenvalue weighted by molar-refractivity contribution is 0.0578. The van der Waals surface area contributed by atoms with E-state index >= 15 is 0 Å². The highest BCUT2D eigenvalue weighted by atomic mass is 16.2. The van der Waals surface area contributed by atoms with Crippen molar-refractivity contribution in [1.29, 1.82) is 0 Å². The van der Waals surface area contributed by atoms with Crippen LogP contribution in [0.2, 0.25) is 0 Å². The summed E-state index contributed by atoms with van der Waals surface area (Å²) in [5.41, 5.74) is 2.80. The van der Waals surface area contributed by atoms with E-state index in [1.54, 1.807) is 12.4 Å². The molecule has 5 rings (SSSR count). The van der Waals surface area contributed by atoms with Crippen LogP contribution in [-0.2, 0) is 6.54 Å². The average Bonchev–Trinajstić information content (AvgIpc) is 2.84. The zero-order valence-corrected chi connectivity index (χ0v) is 17.6. The third-order valence-electron chi connectivity index (χ3n) is 6.84. The molecule has 0 radical (unpaired) electrons. The number of aromatic nitrogens is 2. The Morgan fingerprint density at radius 1 is 0.935 bits per heavy atom. The molecule has 8 nitrogen and oxygen atoms in total. The number of anilines is 1. The second-order valence-corrected chi connectivity index (χ2v) is 8.58. The number of benzene rings is 1. The van der Waals surface area contributed by atoms with Crippen molar-refractivity contribution in [3.8, 4) is 0 Å². The van der Waals surface area contributed by atoms with Gasteiger partial charge in [-0.3, -0.25) is 9.69 Å². The lowest BCUT2D eigenvalue weighted by atomic mass is 9.95. The van der Waals surface area contributed by atoms with Gasteiger partial charge < -0.3 is 15.1 Å². The second kappa shape index (κ2) is 8.63. The fourth-order valence-corrected chi connectivity index (χ4v) is 5.16. The highest BCUT2D eigenvalue weighted by Crippen LogP contribution is 2.31. The number of urea groups is 1. The number of para-hydroxylation sites is 1. The minimum atomic E-state index is 0.0209. The third-order valence-corrected chi connectivity index (χ3v) is 6.84. The number of likely N-dealkylation sites (tertiary alicyclic amines) is 2. The van der Waals surface area contributed by atoms with Crippen molar-refractivity contribution in [2.75, 3.05) is 31.1 Å². The molecule has 2 fully saturated rings. The number of amides is 3. The van der Waals surface area contributed by atoms with E-state index in [1.165, 1.54) is 11.9 Å². The van der Waals surface area contributed by atoms with Crippen molar-refractivity contribution < 1.29 is 9.59 Å². The number of hydrogen-bond acceptors (Lipinski definition) is 5. The Kier molecular flexibility index (Phi) is 5.55. The van der Waals surface area contributed by atoms with Crippen molar-refractivity contribution in [2.45, 2.75) is 44.3 Å². The van der Waals surface area contributed by atoms with E-state index in [0.717, 1.165) is 57.5 Å². The monoisotopic (exact) mass is 420 g/mol. The first-order valence-corrected chi connectivity index (χ1v) is 11.1. The van der Waals surface area contributed by atoms with Crippen LogP contribution in [0.5, 0.6) is 0 Å². The van der Waals surface area contributed by atoms with Crippen LogP contribution in [0.1, 0.15) is 41.6 Å². The molecule has 0 bridgehead atoms. The second-order valence-electron chi connectivity index (χ2n) is 8.58. The molecular weight excluding hydrogens is 392 g/mol. The summed E-state index contributed by atoms with van der Waals surface area (Å²) in [6.07, 6.45) is 8.53. The Hall–Kier alpha value is -3.00. The van der Waals surface area contributed by atoms with E-state index in [1.807, 2.05) is 21.9 Å². The Morgan fingerprint density at radius 3 is 2.35 bits per heavy atom. The number of fused-ring (bicyclic) bond motifs is 1. The van der Waals surface area contributed by atoms with E-state index in [9.17, 15) is 9.59 Å². The first kappa shape index (κ1) is 19.9. The molecular formula is C23H28N6O2. The summed E-state index contributed by atoms with van der Waals surface area (Å²) in [7, 11) is 0. The number of rotatable bonds is 3. The number of piperidine rings is 2. The largest absolute Gasteiger partial charge is 0.338 e. The number of nitrogens with one attached hydrogen (secondary N) is 1. The van der Waals surface area contributed by atoms with Crippen LogP contribution in [0, 0.1) is 0 Å². The van der Waals surface area contributed by atoms with Crippen molar-refractivity contribution in [3.05, 3.63) is 54.1 Å². The van der Waals surface area contributed by atoms with E-state index in [4.69, 9.17) is 0 Å². The zero-order chi connectivity index (χ0) is 21.2. The molecule has 0 saturated carbocycles. The van der Waals surface area contributed by atoms with Gasteiger partial charge in [0.25, 0.3) is 5.91 Å². The SMILES string of the molecule is O=C(c1cncnc1)N1CCC(N2CCC(N3C(=O)NCc4ccccc43)CC2)CC1. The molecule has 2 aromatic rings. The zero-order valence-electron chi connectivity index (χ0n) is 17.6. The molecule has 0 unspecified atom stereocenters. The van der Waals surface area contributed by atoms with Gasteiger partial charge in [0.05, 0.1) is 11.3 Å². The lowest BCUT2D eigenvalue weighted by Gasteiger charge is -2.45. The van der Waals surface area contributed by atoms with Crippen LogP contribution in [-0.4, -0.2) is 70.0 Å². The van der Waals surface area contributed by atoms with Gasteiger partial charge in [-0.15, -0.1) is 0 Å². The molecule has 3 amide bonds. The van der Waals surface area contributed by atoms with Crippen molar-refractivity contribution in [2.24, 2.45) is 0 Å². The topological polar surface area (TPSA) is 81.7 Å². The summed E-state index contributed by atoms with van der Waals surface area (Å²) in [6.45, 7) is 4.11. The van der Waals surface area contributed by atoms with Gasteiger partial charge in [0.1, 0.15) is 6.33 Å². The maximum atomic E-state index is 12.6. The van der Waals surface area contributed by atoms with Crippen molar-refractivity contribution in [1.82, 2.24) is 25.1 Å². The molecule has 0 spiro atoms. The minimum Gasteiger partial charge on any atom is -0.338 e. The normalized spacial score (nSPS) is 21.0. The third kappa shape index (κ3) is 3.99. The van der Waals surface area contributed by atoms with Crippen LogP contribution in [0.15, 0.2) is 43.0 Å². The summed E-state index contributed by atoms with van der Waals surface area (Å²) in [5, 5.41) is 3.02. The summed E-state index contributed by atoms with van der Waals surface area (Å²) >= 11 is 0. The predicted molar refractivity (Wildman–Crippen MR) is 117 cm³/mol. The fourth-order valence-electron chi connectivity index (χ4n) is 5.16. The van der Waals surface area contributed by atoms with Gasteiger partial charge in [-0.2, -0.15) is 0 Å². The van der Waals surface area contributed by atoms with Gasteiger partial charge in [-0.1, -0.05) is 18.2 Å². The highest BCUT2D eigenvalue weighted by molar-refractivity contribution is 5.95. The first-order valence-electron chi connectivity index (χ1n) is 11.1. The van der Waals surface area contributed by atoms with Gasteiger partial charge in [-0.05, 0) is 37.3 Å². The molecule has 1 aromatic heterocycles. The van der Waals surface area contributed by atoms with Gasteiger partial charge in [-0.25, -0.2) is 14.8 Å². The fraction of sp³-hybridized carbons (Fsp3) is 0.478. The summed E-state index contributed by atoms with van der Waals surface area (Å²) in [4.78, 5) is 39.6. The maximum absolute atomic E-state index is 12.6. The van der Waals surface area contributed by atoms with Crippen LogP contribution >= 0.6 is 0 Å². The minimum absolute atomic E-state index is 0.0209. The van der Waals surface area contributed by atoms with Crippen LogP contribution in [0.3, 0.4) is 0 Å². The summed E-state index contributed by atoms with van der Waals surface area (Å²) in [6, 6.07) is 8.94. The lowest BCUT2D eigenvalue weighted by Crippen LogP contribution is -2.55. The standard InChI is InChI=1S/C23H28N6O2/c30-22(18-13-24-16-25-14-18)28-11-5-19(6-12-28)27-9-7-20(8-10-27)29-21-4-2-1-3-17(21)15-26-23(29)31/h1-4,13-14,16,19-20H,5-12,15H2,(H,26,31). The molecule has 31 heavy (non-hydrogen) atoms. The smallest absolute Gasteiger partial charge is 0.322 e. The highest BCUT2D eigenvalue weighted by Gasteiger charge is 2.35. The van der Waals surface area contributed by atoms with Gasteiger partial charge in [0.2, 0.25) is 0 Å². The molecule has 3 aliphatic heterocycles. The Balaban J connectivity index is 1.16. The molecule has 0 atom stereocenters. The van der Waals surface area contributed by atoms with E-state index < -0.39 is 0 Å². The Labute approximate surface area is 182 Å². The van der Waals surface area contributed by atoms with Gasteiger partial charge in [0.15, 0.2) is 0 Å². The predicted octanol–water partition coefficient (Wildman–Crippen LogP) is 2.28. The Morgan fingerprint density at radius 2 is 1.61 bits per heavy atom. The molecule has 1 aromatic carbocycles. The maximum Gasteiger partial charge on any atom is 0.322 e. The first-order chi connectivity index (χ1) is 15.2. The molecule has 0 aliphatic carbocycles. The van der Waals surface area contributed by atoms with Crippen molar-refractivity contribution >= 4 is 17.6 Å². The number of carbonyl (C=O) groups excluding carboxylic acids is 2. The molecule has 8 heteroatoms. The molecule has 1 N–H and O–H groups in total. The van der Waals surface area contributed by atoms with Crippen molar-refractivity contribution in [3.63, 3.8) is 0 Å². The van der Waals surface area contributed by atoms with Crippen LogP contribution < -0.4 is 10.2 Å². The van der Waals surface area contributed by atoms with Crippen LogP contribution in [0.25, 0.3) is 0 Å². The van der Waals surface area contributed by atoms with E-state index in [0.29, 0.717) is 18.2 Å². The van der Waals surface area contributed by atoms with E-state index in [2.05, 4.69) is 32.3 Å². The molecule has 2 saturated heterocycles. The summed E-state index contributed by atoms with van der Waals surface area (Å²) < 4.78 is 0. The number of hydrogen-bond donors (Lipinski definition) is 1. The average molecular weight is 421 g/mol. The number of nitrogens with zero attached hydrogens (tertiary/aromatic N) is 5. The van der Waals surface area contributed by atoms with E-state index in [-0.39, 0.29) is 18.0 Å². The van der Waals surface area contributed by atoms with Gasteiger partial charge >= 0.3 is 6.03 Å².